The molecule has 2 heterocycles. The van der Waals surface area contributed by atoms with Crippen LogP contribution in [-0.4, -0.2) is 22.8 Å². The quantitative estimate of drug-likeness (QED) is 0.594. The molecule has 2 aromatic heterocycles. The van der Waals surface area contributed by atoms with Crippen molar-refractivity contribution in [1.29, 1.82) is 0 Å². The van der Waals surface area contributed by atoms with Crippen molar-refractivity contribution < 1.29 is 9.21 Å². The second kappa shape index (κ2) is 6.97. The normalized spacial score (nSPS) is 18.5. The lowest BCUT2D eigenvalue weighted by Crippen LogP contribution is -2.25. The van der Waals surface area contributed by atoms with E-state index in [-0.39, 0.29) is 5.91 Å². The number of amides is 1. The van der Waals surface area contributed by atoms with E-state index >= 15 is 0 Å². The first kappa shape index (κ1) is 18.0. The summed E-state index contributed by atoms with van der Waals surface area (Å²) in [4.78, 5) is 19.6. The van der Waals surface area contributed by atoms with Gasteiger partial charge in [0.1, 0.15) is 21.4 Å². The number of hydrogen-bond acceptors (Lipinski definition) is 4. The zero-order valence-corrected chi connectivity index (χ0v) is 17.0. The monoisotopic (exact) mass is 380 g/mol. The summed E-state index contributed by atoms with van der Waals surface area (Å²) in [6.45, 7) is 6.86. The van der Waals surface area contributed by atoms with E-state index in [0.717, 1.165) is 22.1 Å². The molecule has 5 heteroatoms. The van der Waals surface area contributed by atoms with Crippen LogP contribution >= 0.6 is 11.3 Å². The number of rotatable bonds is 5. The molecule has 0 radical (unpaired) electrons. The van der Waals surface area contributed by atoms with Crippen LogP contribution in [0.4, 0.5) is 0 Å². The number of aryl methyl sites for hydroxylation is 2. The van der Waals surface area contributed by atoms with Crippen molar-refractivity contribution in [3.05, 3.63) is 64.1 Å². The van der Waals surface area contributed by atoms with Gasteiger partial charge < -0.3 is 9.32 Å². The van der Waals surface area contributed by atoms with Gasteiger partial charge in [-0.2, -0.15) is 0 Å². The molecule has 1 amide bonds. The van der Waals surface area contributed by atoms with Gasteiger partial charge in [-0.05, 0) is 43.9 Å². The molecule has 4 rings (SSSR count). The van der Waals surface area contributed by atoms with E-state index < -0.39 is 0 Å². The van der Waals surface area contributed by atoms with Crippen LogP contribution in [0.15, 0.2) is 40.9 Å². The highest BCUT2D eigenvalue weighted by Gasteiger charge is 2.36. The minimum atomic E-state index is -0.0266. The maximum absolute atomic E-state index is 12.8. The van der Waals surface area contributed by atoms with Crippen LogP contribution in [0.25, 0.3) is 10.6 Å². The fraction of sp³-hybridized carbons (Fsp3) is 0.364. The molecule has 0 aliphatic heterocycles. The molecular weight excluding hydrogens is 356 g/mol. The number of hydrogen-bond donors (Lipinski definition) is 0. The number of carbonyl (C=O) groups excluding carboxylic acids is 1. The summed E-state index contributed by atoms with van der Waals surface area (Å²) in [5.41, 5.74) is 3.48. The standard InChI is InChI=1S/C22H24N2O2S/c1-13-5-7-17(14(2)9-13)21-23-11-20(27-21)22(25)24(4)12-16-6-8-19(26-16)18-10-15(18)3/h5-9,11,15,18H,10,12H2,1-4H3/t15-,18-/m1/s1. The summed E-state index contributed by atoms with van der Waals surface area (Å²) in [6.07, 6.45) is 2.88. The van der Waals surface area contributed by atoms with Gasteiger partial charge in [-0.3, -0.25) is 4.79 Å². The molecule has 0 spiro atoms. The minimum Gasteiger partial charge on any atom is -0.464 e. The molecule has 0 saturated heterocycles. The maximum atomic E-state index is 12.8. The Morgan fingerprint density at radius 1 is 1.30 bits per heavy atom. The van der Waals surface area contributed by atoms with Crippen LogP contribution in [0.3, 0.4) is 0 Å². The van der Waals surface area contributed by atoms with Crippen LogP contribution in [0.2, 0.25) is 0 Å². The maximum Gasteiger partial charge on any atom is 0.265 e. The average Bonchev–Trinajstić information content (AvgIpc) is 3.03. The smallest absolute Gasteiger partial charge is 0.265 e. The number of nitrogens with zero attached hydrogens (tertiary/aromatic N) is 2. The Balaban J connectivity index is 1.46. The zero-order chi connectivity index (χ0) is 19.1. The van der Waals surface area contributed by atoms with Gasteiger partial charge in [0, 0.05) is 18.5 Å². The molecule has 1 aliphatic rings. The van der Waals surface area contributed by atoms with Gasteiger partial charge in [-0.1, -0.05) is 30.7 Å². The number of thiazole rings is 1. The van der Waals surface area contributed by atoms with Crippen molar-refractivity contribution in [2.45, 2.75) is 39.7 Å². The molecule has 1 saturated carbocycles. The highest BCUT2D eigenvalue weighted by atomic mass is 32.1. The Morgan fingerprint density at radius 3 is 2.78 bits per heavy atom. The van der Waals surface area contributed by atoms with E-state index in [9.17, 15) is 4.79 Å². The van der Waals surface area contributed by atoms with Crippen LogP contribution in [0, 0.1) is 19.8 Å². The summed E-state index contributed by atoms with van der Waals surface area (Å²) in [5, 5.41) is 0.882. The predicted molar refractivity (Wildman–Crippen MR) is 108 cm³/mol. The van der Waals surface area contributed by atoms with E-state index in [2.05, 4.69) is 44.0 Å². The predicted octanol–water partition coefficient (Wildman–Crippen LogP) is 5.42. The SMILES string of the molecule is Cc1ccc(-c2ncc(C(=O)N(C)Cc3ccc([C@@H]4C[C@H]4C)o3)s2)c(C)c1. The topological polar surface area (TPSA) is 46.3 Å². The number of aromatic nitrogens is 1. The summed E-state index contributed by atoms with van der Waals surface area (Å²) >= 11 is 1.44. The van der Waals surface area contributed by atoms with Gasteiger partial charge in [0.2, 0.25) is 0 Å². The van der Waals surface area contributed by atoms with Crippen LogP contribution in [0.1, 0.15) is 51.6 Å². The zero-order valence-electron chi connectivity index (χ0n) is 16.2. The molecule has 1 fully saturated rings. The van der Waals surface area contributed by atoms with Crippen molar-refractivity contribution in [1.82, 2.24) is 9.88 Å². The van der Waals surface area contributed by atoms with Crippen LogP contribution in [0.5, 0.6) is 0 Å². The Bertz CT molecular complexity index is 988. The van der Waals surface area contributed by atoms with Crippen molar-refractivity contribution in [2.75, 3.05) is 7.05 Å². The number of furan rings is 1. The number of benzene rings is 1. The molecule has 1 aromatic carbocycles. The third kappa shape index (κ3) is 3.69. The molecule has 27 heavy (non-hydrogen) atoms. The minimum absolute atomic E-state index is 0.0266. The van der Waals surface area contributed by atoms with E-state index in [1.165, 1.54) is 28.9 Å². The fourth-order valence-corrected chi connectivity index (χ4v) is 4.44. The largest absolute Gasteiger partial charge is 0.464 e. The first-order valence-electron chi connectivity index (χ1n) is 9.30. The first-order valence-corrected chi connectivity index (χ1v) is 10.1. The van der Waals surface area contributed by atoms with Crippen molar-refractivity contribution in [3.63, 3.8) is 0 Å². The molecule has 0 unspecified atom stereocenters. The molecular formula is C22H24N2O2S. The second-order valence-electron chi connectivity index (χ2n) is 7.63. The van der Waals surface area contributed by atoms with Gasteiger partial charge in [0.05, 0.1) is 12.7 Å². The van der Waals surface area contributed by atoms with E-state index in [1.807, 2.05) is 12.1 Å². The fourth-order valence-electron chi connectivity index (χ4n) is 3.44. The van der Waals surface area contributed by atoms with E-state index in [4.69, 9.17) is 4.42 Å². The number of carbonyl (C=O) groups is 1. The Hall–Kier alpha value is -2.40. The lowest BCUT2D eigenvalue weighted by molar-refractivity contribution is 0.0779. The van der Waals surface area contributed by atoms with Crippen molar-refractivity contribution in [2.24, 2.45) is 5.92 Å². The van der Waals surface area contributed by atoms with Gasteiger partial charge in [-0.15, -0.1) is 11.3 Å². The third-order valence-corrected chi connectivity index (χ3v) is 6.24. The lowest BCUT2D eigenvalue weighted by Gasteiger charge is -2.14. The van der Waals surface area contributed by atoms with Crippen LogP contribution in [-0.2, 0) is 6.54 Å². The van der Waals surface area contributed by atoms with Gasteiger partial charge in [0.15, 0.2) is 0 Å². The van der Waals surface area contributed by atoms with E-state index in [0.29, 0.717) is 23.3 Å². The molecule has 0 bridgehead atoms. The van der Waals surface area contributed by atoms with Crippen LogP contribution < -0.4 is 0 Å². The Morgan fingerprint density at radius 2 is 2.07 bits per heavy atom. The van der Waals surface area contributed by atoms with Gasteiger partial charge in [0.25, 0.3) is 5.91 Å². The molecule has 2 atom stereocenters. The van der Waals surface area contributed by atoms with Gasteiger partial charge in [-0.25, -0.2) is 4.98 Å². The van der Waals surface area contributed by atoms with Crippen molar-refractivity contribution >= 4 is 17.2 Å². The second-order valence-corrected chi connectivity index (χ2v) is 8.66. The summed E-state index contributed by atoms with van der Waals surface area (Å²) in [7, 11) is 1.81. The molecule has 3 aromatic rings. The average molecular weight is 381 g/mol. The van der Waals surface area contributed by atoms with Gasteiger partial charge >= 0.3 is 0 Å². The van der Waals surface area contributed by atoms with Crippen molar-refractivity contribution in [3.8, 4) is 10.6 Å². The highest BCUT2D eigenvalue weighted by Crippen LogP contribution is 2.47. The summed E-state index contributed by atoms with van der Waals surface area (Å²) in [6, 6.07) is 10.3. The molecule has 4 nitrogen and oxygen atoms in total. The third-order valence-electron chi connectivity index (χ3n) is 5.23. The summed E-state index contributed by atoms with van der Waals surface area (Å²) in [5.74, 6) is 3.12. The first-order chi connectivity index (χ1) is 12.9. The Kier molecular flexibility index (Phi) is 4.64. The summed E-state index contributed by atoms with van der Waals surface area (Å²) < 4.78 is 5.93. The lowest BCUT2D eigenvalue weighted by atomic mass is 10.1. The highest BCUT2D eigenvalue weighted by molar-refractivity contribution is 7.16. The molecule has 0 N–H and O–H groups in total. The molecule has 1 aliphatic carbocycles. The van der Waals surface area contributed by atoms with E-state index in [1.54, 1.807) is 18.1 Å². The molecule has 140 valence electrons. The Labute approximate surface area is 163 Å².